The predicted molar refractivity (Wildman–Crippen MR) is 29.7 cm³/mol. The second-order valence-corrected chi connectivity index (χ2v) is 1.50. The van der Waals surface area contributed by atoms with Crippen LogP contribution in [0.1, 0.15) is 4.79 Å². The lowest BCUT2D eigenvalue weighted by Gasteiger charge is -1.83. The average molecular weight is 141 g/mol. The molecular formula is C5H3NO4. The zero-order valence-electron chi connectivity index (χ0n) is 4.81. The molecule has 0 unspecified atom stereocenters. The molecule has 0 aliphatic heterocycles. The molecule has 0 saturated carbocycles. The fourth-order valence-electron chi connectivity index (χ4n) is 0.487. The minimum Gasteiger partial charge on any atom is -0.416 e. The van der Waals surface area contributed by atoms with E-state index in [0.29, 0.717) is 4.57 Å². The number of hydrogen-bond donors (Lipinski definition) is 0. The van der Waals surface area contributed by atoms with E-state index in [1.165, 1.54) is 0 Å². The first-order chi connectivity index (χ1) is 4.75. The molecule has 0 aromatic carbocycles. The Hall–Kier alpha value is -1.65. The number of rotatable bonds is 1. The quantitative estimate of drug-likeness (QED) is 0.382. The third kappa shape index (κ3) is 0.883. The van der Waals surface area contributed by atoms with E-state index < -0.39 is 11.7 Å². The number of hydrogen-bond acceptors (Lipinski definition) is 4. The van der Waals surface area contributed by atoms with Gasteiger partial charge < -0.3 is 4.42 Å². The third-order valence-corrected chi connectivity index (χ3v) is 0.914. The summed E-state index contributed by atoms with van der Waals surface area (Å²) in [5, 5.41) is 0. The second-order valence-electron chi connectivity index (χ2n) is 1.50. The topological polar surface area (TPSA) is 69.3 Å². The highest BCUT2D eigenvalue weighted by molar-refractivity contribution is 6.24. The van der Waals surface area contributed by atoms with Crippen LogP contribution in [0.15, 0.2) is 21.7 Å². The smallest absolute Gasteiger partial charge is 0.416 e. The monoisotopic (exact) mass is 141 g/mol. The van der Waals surface area contributed by atoms with Gasteiger partial charge >= 0.3 is 5.76 Å². The van der Waals surface area contributed by atoms with E-state index >= 15 is 0 Å². The van der Waals surface area contributed by atoms with Crippen LogP contribution in [0.2, 0.25) is 0 Å². The lowest BCUT2D eigenvalue weighted by Crippen LogP contribution is -2.22. The van der Waals surface area contributed by atoms with Crippen LogP contribution >= 0.6 is 0 Å². The summed E-state index contributed by atoms with van der Waals surface area (Å²) in [5.74, 6) is -1.78. The molecule has 5 nitrogen and oxygen atoms in total. The molecule has 0 fully saturated rings. The Morgan fingerprint density at radius 3 is 2.80 bits per heavy atom. The van der Waals surface area contributed by atoms with Gasteiger partial charge in [0.25, 0.3) is 5.91 Å². The van der Waals surface area contributed by atoms with Crippen molar-refractivity contribution < 1.29 is 14.0 Å². The van der Waals surface area contributed by atoms with Gasteiger partial charge in [-0.05, 0) is 0 Å². The van der Waals surface area contributed by atoms with Crippen molar-refractivity contribution in [3.05, 3.63) is 23.0 Å². The van der Waals surface area contributed by atoms with Crippen molar-refractivity contribution in [2.24, 2.45) is 0 Å². The van der Waals surface area contributed by atoms with Gasteiger partial charge in [-0.25, -0.2) is 9.36 Å². The molecule has 1 rings (SSSR count). The molecule has 0 radical (unpaired) electrons. The number of nitrogens with zero attached hydrogens (tertiary/aromatic N) is 1. The van der Waals surface area contributed by atoms with Crippen LogP contribution in [0, 0.1) is 0 Å². The van der Waals surface area contributed by atoms with E-state index in [0.717, 1.165) is 12.5 Å². The molecule has 0 aliphatic rings. The van der Waals surface area contributed by atoms with E-state index in [-0.39, 0.29) is 6.29 Å². The van der Waals surface area contributed by atoms with Crippen molar-refractivity contribution in [1.29, 1.82) is 0 Å². The molecule has 1 aromatic rings. The average Bonchev–Trinajstić information content (AvgIpc) is 2.34. The van der Waals surface area contributed by atoms with Gasteiger partial charge in [-0.3, -0.25) is 9.59 Å². The standard InChI is InChI=1S/C5H3NO4/c7-3-4(8)6-1-2-10-5(6)9/h1-3H. The van der Waals surface area contributed by atoms with Gasteiger partial charge in [0.15, 0.2) is 0 Å². The van der Waals surface area contributed by atoms with Gasteiger partial charge in [0.2, 0.25) is 6.29 Å². The minimum atomic E-state index is -0.932. The third-order valence-electron chi connectivity index (χ3n) is 0.914. The highest BCUT2D eigenvalue weighted by atomic mass is 16.4. The number of carbonyl (C=O) groups is 2. The Labute approximate surface area is 54.9 Å². The molecule has 0 atom stereocenters. The Balaban J connectivity index is 3.17. The molecule has 0 bridgehead atoms. The molecular weight excluding hydrogens is 138 g/mol. The Morgan fingerprint density at radius 2 is 2.40 bits per heavy atom. The van der Waals surface area contributed by atoms with Crippen LogP contribution in [-0.2, 0) is 4.79 Å². The normalized spacial score (nSPS) is 9.20. The van der Waals surface area contributed by atoms with Crippen LogP contribution in [0.25, 0.3) is 0 Å². The lowest BCUT2D eigenvalue weighted by atomic mass is 10.6. The highest BCUT2D eigenvalue weighted by Crippen LogP contribution is 1.78. The maximum absolute atomic E-state index is 10.4. The zero-order chi connectivity index (χ0) is 7.56. The second kappa shape index (κ2) is 2.30. The summed E-state index contributed by atoms with van der Waals surface area (Å²) in [6, 6.07) is 0. The molecule has 52 valence electrons. The molecule has 0 amide bonds. The number of oxazole rings is 1. The maximum atomic E-state index is 10.4. The first kappa shape index (κ1) is 6.47. The summed E-state index contributed by atoms with van der Waals surface area (Å²) in [6.07, 6.45) is 2.15. The van der Waals surface area contributed by atoms with E-state index in [1.54, 1.807) is 0 Å². The highest BCUT2D eigenvalue weighted by Gasteiger charge is 2.05. The summed E-state index contributed by atoms with van der Waals surface area (Å²) < 4.78 is 4.79. The van der Waals surface area contributed by atoms with Crippen molar-refractivity contribution in [3.63, 3.8) is 0 Å². The molecule has 0 N–H and O–H groups in total. The van der Waals surface area contributed by atoms with Crippen LogP contribution in [0.4, 0.5) is 0 Å². The Bertz CT molecular complexity index is 307. The van der Waals surface area contributed by atoms with Gasteiger partial charge in [-0.1, -0.05) is 0 Å². The van der Waals surface area contributed by atoms with E-state index in [1.807, 2.05) is 0 Å². The van der Waals surface area contributed by atoms with Crippen molar-refractivity contribution in [2.45, 2.75) is 0 Å². The van der Waals surface area contributed by atoms with Crippen LogP contribution in [-0.4, -0.2) is 16.8 Å². The van der Waals surface area contributed by atoms with Gasteiger partial charge in [0.1, 0.15) is 6.26 Å². The number of aromatic nitrogens is 1. The number of carbonyl (C=O) groups excluding carboxylic acids is 2. The van der Waals surface area contributed by atoms with Gasteiger partial charge in [-0.15, -0.1) is 0 Å². The molecule has 1 aromatic heterocycles. The fraction of sp³-hybridized carbons (Fsp3) is 0. The molecule has 5 heteroatoms. The molecule has 0 saturated heterocycles. The van der Waals surface area contributed by atoms with Crippen molar-refractivity contribution in [2.75, 3.05) is 0 Å². The van der Waals surface area contributed by atoms with Gasteiger partial charge in [0, 0.05) is 0 Å². The van der Waals surface area contributed by atoms with E-state index in [2.05, 4.69) is 4.42 Å². The lowest BCUT2D eigenvalue weighted by molar-refractivity contribution is -0.105. The fourth-order valence-corrected chi connectivity index (χ4v) is 0.487. The molecule has 0 spiro atoms. The summed E-state index contributed by atoms with van der Waals surface area (Å²) in [4.78, 5) is 30.7. The maximum Gasteiger partial charge on any atom is 0.426 e. The van der Waals surface area contributed by atoms with Crippen LogP contribution in [0.5, 0.6) is 0 Å². The Morgan fingerprint density at radius 1 is 1.70 bits per heavy atom. The molecule has 10 heavy (non-hydrogen) atoms. The van der Waals surface area contributed by atoms with E-state index in [9.17, 15) is 14.4 Å². The van der Waals surface area contributed by atoms with Crippen molar-refractivity contribution in [3.8, 4) is 0 Å². The minimum absolute atomic E-state index is 0.0386. The van der Waals surface area contributed by atoms with Crippen LogP contribution < -0.4 is 5.76 Å². The first-order valence-electron chi connectivity index (χ1n) is 2.41. The first-order valence-corrected chi connectivity index (χ1v) is 2.41. The predicted octanol–water partition coefficient (Wildman–Crippen LogP) is -0.720. The van der Waals surface area contributed by atoms with E-state index in [4.69, 9.17) is 0 Å². The largest absolute Gasteiger partial charge is 0.426 e. The van der Waals surface area contributed by atoms with Gasteiger partial charge in [-0.2, -0.15) is 0 Å². The summed E-state index contributed by atoms with van der Waals surface area (Å²) >= 11 is 0. The summed E-state index contributed by atoms with van der Waals surface area (Å²) in [7, 11) is 0. The van der Waals surface area contributed by atoms with Crippen molar-refractivity contribution >= 4 is 12.2 Å². The van der Waals surface area contributed by atoms with Crippen LogP contribution in [0.3, 0.4) is 0 Å². The molecule has 0 aliphatic carbocycles. The van der Waals surface area contributed by atoms with Gasteiger partial charge in [0.05, 0.1) is 6.20 Å². The zero-order valence-corrected chi connectivity index (χ0v) is 4.81. The van der Waals surface area contributed by atoms with Crippen molar-refractivity contribution in [1.82, 2.24) is 4.57 Å². The molecule has 1 heterocycles. The number of aldehydes is 1. The summed E-state index contributed by atoms with van der Waals surface area (Å²) in [6.45, 7) is 0. The Kier molecular flexibility index (Phi) is 1.49. The summed E-state index contributed by atoms with van der Waals surface area (Å²) in [5.41, 5.74) is 0. The SMILES string of the molecule is O=CC(=O)n1ccoc1=O.